The maximum Gasteiger partial charge on any atom is 0.210 e. The Balaban J connectivity index is 1.34. The SMILES string of the molecule is Cc1occc1-c1nnc(SCC(O)COc2ccc3ccccc3c2)n1N. The molecule has 144 valence electrons. The van der Waals surface area contributed by atoms with Gasteiger partial charge in [-0.05, 0) is 35.9 Å². The van der Waals surface area contributed by atoms with Gasteiger partial charge in [-0.1, -0.05) is 42.1 Å². The predicted octanol–water partition coefficient (Wildman–Crippen LogP) is 3.25. The Bertz CT molecular complexity index is 1090. The summed E-state index contributed by atoms with van der Waals surface area (Å²) < 4.78 is 12.4. The molecule has 0 spiro atoms. The van der Waals surface area contributed by atoms with Crippen LogP contribution >= 0.6 is 11.8 Å². The van der Waals surface area contributed by atoms with E-state index in [1.807, 2.05) is 49.4 Å². The van der Waals surface area contributed by atoms with Gasteiger partial charge < -0.3 is 20.1 Å². The summed E-state index contributed by atoms with van der Waals surface area (Å²) in [6.45, 7) is 2.02. The minimum absolute atomic E-state index is 0.178. The molecule has 2 aromatic heterocycles. The molecule has 0 amide bonds. The molecule has 2 heterocycles. The number of aliphatic hydroxyl groups is 1. The summed E-state index contributed by atoms with van der Waals surface area (Å²) in [5, 5.41) is 21.2. The first-order valence-corrected chi connectivity index (χ1v) is 9.78. The fraction of sp³-hybridized carbons (Fsp3) is 0.200. The lowest BCUT2D eigenvalue weighted by atomic mass is 10.1. The highest BCUT2D eigenvalue weighted by Gasteiger charge is 2.17. The fourth-order valence-electron chi connectivity index (χ4n) is 2.84. The third kappa shape index (κ3) is 3.83. The first kappa shape index (κ1) is 18.4. The second-order valence-corrected chi connectivity index (χ2v) is 7.34. The van der Waals surface area contributed by atoms with Crippen LogP contribution in [0.3, 0.4) is 0 Å². The molecule has 0 aliphatic carbocycles. The second kappa shape index (κ2) is 7.95. The van der Waals surface area contributed by atoms with Crippen LogP contribution in [0.5, 0.6) is 5.75 Å². The molecule has 28 heavy (non-hydrogen) atoms. The monoisotopic (exact) mass is 396 g/mol. The smallest absolute Gasteiger partial charge is 0.210 e. The number of aryl methyl sites for hydroxylation is 1. The lowest BCUT2D eigenvalue weighted by Gasteiger charge is -2.12. The number of nitrogens with zero attached hydrogens (tertiary/aromatic N) is 3. The molecule has 1 unspecified atom stereocenters. The van der Waals surface area contributed by atoms with Gasteiger partial charge in [-0.25, -0.2) is 4.68 Å². The summed E-state index contributed by atoms with van der Waals surface area (Å²) in [4.78, 5) is 0. The predicted molar refractivity (Wildman–Crippen MR) is 109 cm³/mol. The lowest BCUT2D eigenvalue weighted by molar-refractivity contribution is 0.126. The van der Waals surface area contributed by atoms with E-state index in [4.69, 9.17) is 15.0 Å². The van der Waals surface area contributed by atoms with Crippen molar-refractivity contribution in [1.29, 1.82) is 0 Å². The summed E-state index contributed by atoms with van der Waals surface area (Å²) in [7, 11) is 0. The molecule has 0 aliphatic rings. The summed E-state index contributed by atoms with van der Waals surface area (Å²) in [6, 6.07) is 15.7. The summed E-state index contributed by atoms with van der Waals surface area (Å²) in [6.07, 6.45) is 0.910. The zero-order chi connectivity index (χ0) is 19.5. The number of hydrogen-bond acceptors (Lipinski definition) is 7. The Morgan fingerprint density at radius 1 is 1.18 bits per heavy atom. The molecule has 0 saturated heterocycles. The van der Waals surface area contributed by atoms with Gasteiger partial charge in [0.05, 0.1) is 17.9 Å². The van der Waals surface area contributed by atoms with E-state index in [1.165, 1.54) is 16.4 Å². The van der Waals surface area contributed by atoms with Gasteiger partial charge in [0.2, 0.25) is 5.16 Å². The topological polar surface area (TPSA) is 99.3 Å². The minimum atomic E-state index is -0.674. The van der Waals surface area contributed by atoms with E-state index in [2.05, 4.69) is 10.2 Å². The number of ether oxygens (including phenoxy) is 1. The highest BCUT2D eigenvalue weighted by Crippen LogP contribution is 2.25. The molecular weight excluding hydrogens is 376 g/mol. The van der Waals surface area contributed by atoms with Crippen LogP contribution in [0, 0.1) is 6.92 Å². The molecule has 0 saturated carbocycles. The van der Waals surface area contributed by atoms with Crippen molar-refractivity contribution in [2.75, 3.05) is 18.2 Å². The van der Waals surface area contributed by atoms with Gasteiger partial charge >= 0.3 is 0 Å². The van der Waals surface area contributed by atoms with E-state index < -0.39 is 6.10 Å². The van der Waals surface area contributed by atoms with Crippen molar-refractivity contribution >= 4 is 22.5 Å². The van der Waals surface area contributed by atoms with Crippen molar-refractivity contribution in [1.82, 2.24) is 14.9 Å². The van der Waals surface area contributed by atoms with Crippen molar-refractivity contribution in [3.63, 3.8) is 0 Å². The number of hydrogen-bond donors (Lipinski definition) is 2. The van der Waals surface area contributed by atoms with E-state index in [1.54, 1.807) is 12.3 Å². The molecule has 4 rings (SSSR count). The Kier molecular flexibility index (Phi) is 5.23. The largest absolute Gasteiger partial charge is 0.491 e. The summed E-state index contributed by atoms with van der Waals surface area (Å²) in [5.41, 5.74) is 0.794. The third-order valence-corrected chi connectivity index (χ3v) is 5.42. The first-order valence-electron chi connectivity index (χ1n) is 8.79. The maximum atomic E-state index is 10.3. The van der Waals surface area contributed by atoms with Crippen molar-refractivity contribution < 1.29 is 14.3 Å². The summed E-state index contributed by atoms with van der Waals surface area (Å²) in [5.74, 6) is 8.44. The number of furan rings is 1. The van der Waals surface area contributed by atoms with Crippen LogP contribution in [0.2, 0.25) is 0 Å². The lowest BCUT2D eigenvalue weighted by Crippen LogP contribution is -2.21. The molecule has 8 heteroatoms. The molecule has 0 radical (unpaired) electrons. The average Bonchev–Trinajstić information content (AvgIpc) is 3.29. The number of rotatable bonds is 7. The molecule has 0 fully saturated rings. The van der Waals surface area contributed by atoms with Gasteiger partial charge in [-0.3, -0.25) is 0 Å². The number of aliphatic hydroxyl groups excluding tert-OH is 1. The van der Waals surface area contributed by atoms with Gasteiger partial charge in [0.25, 0.3) is 0 Å². The standard InChI is InChI=1S/C20H20N4O3S/c1-13-18(8-9-26-13)19-22-23-20(24(19)21)28-12-16(25)11-27-17-7-6-14-4-2-3-5-15(14)10-17/h2-10,16,25H,11-12,21H2,1H3. The second-order valence-electron chi connectivity index (χ2n) is 6.35. The van der Waals surface area contributed by atoms with Crippen LogP contribution in [0.1, 0.15) is 5.76 Å². The van der Waals surface area contributed by atoms with E-state index in [0.717, 1.165) is 27.8 Å². The Labute approximate surface area is 166 Å². The Morgan fingerprint density at radius 3 is 2.79 bits per heavy atom. The normalized spacial score (nSPS) is 12.4. The molecule has 3 N–H and O–H groups in total. The zero-order valence-corrected chi connectivity index (χ0v) is 16.1. The van der Waals surface area contributed by atoms with Crippen LogP contribution < -0.4 is 10.6 Å². The van der Waals surface area contributed by atoms with Crippen molar-refractivity contribution in [2.45, 2.75) is 18.2 Å². The van der Waals surface area contributed by atoms with E-state index in [-0.39, 0.29) is 6.61 Å². The van der Waals surface area contributed by atoms with Crippen LogP contribution in [0.15, 0.2) is 64.4 Å². The molecule has 2 aromatic carbocycles. The van der Waals surface area contributed by atoms with Crippen LogP contribution in [0.4, 0.5) is 0 Å². The van der Waals surface area contributed by atoms with Crippen LogP contribution in [-0.4, -0.2) is 38.4 Å². The quantitative estimate of drug-likeness (QED) is 0.365. The number of nitrogen functional groups attached to an aromatic ring is 1. The highest BCUT2D eigenvalue weighted by molar-refractivity contribution is 7.99. The van der Waals surface area contributed by atoms with Crippen molar-refractivity contribution in [2.24, 2.45) is 0 Å². The van der Waals surface area contributed by atoms with E-state index in [0.29, 0.717) is 16.7 Å². The van der Waals surface area contributed by atoms with Crippen molar-refractivity contribution in [3.05, 3.63) is 60.6 Å². The first-order chi connectivity index (χ1) is 13.6. The number of fused-ring (bicyclic) bond motifs is 1. The van der Waals surface area contributed by atoms with Gasteiger partial charge in [-0.15, -0.1) is 10.2 Å². The average molecular weight is 396 g/mol. The molecule has 1 atom stereocenters. The minimum Gasteiger partial charge on any atom is -0.491 e. The molecule has 7 nitrogen and oxygen atoms in total. The number of thioether (sulfide) groups is 1. The van der Waals surface area contributed by atoms with Gasteiger partial charge in [-0.2, -0.15) is 0 Å². The number of aromatic nitrogens is 3. The zero-order valence-electron chi connectivity index (χ0n) is 15.3. The van der Waals surface area contributed by atoms with E-state index in [9.17, 15) is 5.11 Å². The van der Waals surface area contributed by atoms with E-state index >= 15 is 0 Å². The molecule has 4 aromatic rings. The highest BCUT2D eigenvalue weighted by atomic mass is 32.2. The van der Waals surface area contributed by atoms with Gasteiger partial charge in [0.15, 0.2) is 5.82 Å². The summed E-state index contributed by atoms with van der Waals surface area (Å²) >= 11 is 1.32. The van der Waals surface area contributed by atoms with Crippen LogP contribution in [0.25, 0.3) is 22.2 Å². The van der Waals surface area contributed by atoms with Crippen molar-refractivity contribution in [3.8, 4) is 17.1 Å². The molecule has 0 bridgehead atoms. The Morgan fingerprint density at radius 2 is 2.00 bits per heavy atom. The van der Waals surface area contributed by atoms with Crippen LogP contribution in [-0.2, 0) is 0 Å². The van der Waals surface area contributed by atoms with Gasteiger partial charge in [0, 0.05) is 5.75 Å². The Hall–Kier alpha value is -2.97. The maximum absolute atomic E-state index is 10.3. The number of nitrogens with two attached hydrogens (primary N) is 1. The number of benzene rings is 2. The van der Waals surface area contributed by atoms with Gasteiger partial charge in [0.1, 0.15) is 18.1 Å². The fourth-order valence-corrected chi connectivity index (χ4v) is 3.61. The molecular formula is C20H20N4O3S. The third-order valence-electron chi connectivity index (χ3n) is 4.33. The molecule has 0 aliphatic heterocycles.